The van der Waals surface area contributed by atoms with Crippen LogP contribution in [-0.4, -0.2) is 15.9 Å². The topological polar surface area (TPSA) is 59.4 Å². The number of rotatable bonds is 4. The molecule has 1 heterocycles. The van der Waals surface area contributed by atoms with Crippen LogP contribution in [0, 0.1) is 11.8 Å². The number of aromatic nitrogens is 1. The lowest BCUT2D eigenvalue weighted by molar-refractivity contribution is -0.137. The van der Waals surface area contributed by atoms with Crippen molar-refractivity contribution in [1.29, 1.82) is 0 Å². The Morgan fingerprint density at radius 1 is 1.17 bits per heavy atom. The number of aliphatic hydroxyl groups excluding tert-OH is 1. The zero-order valence-electron chi connectivity index (χ0n) is 15.8. The molecule has 0 saturated heterocycles. The Balaban J connectivity index is 1.68. The SMILES string of the molecule is CCc1ccc(Oc2ccc(C(F)(F)F)cn2)cc1C1=C(O)[C@H]2CC[C@H](C2)C1=O. The Morgan fingerprint density at radius 3 is 2.59 bits per heavy atom. The molecule has 0 unspecified atom stereocenters. The third-order valence-corrected chi connectivity index (χ3v) is 5.71. The van der Waals surface area contributed by atoms with Crippen LogP contribution in [0.25, 0.3) is 5.57 Å². The van der Waals surface area contributed by atoms with E-state index in [1.807, 2.05) is 6.92 Å². The van der Waals surface area contributed by atoms with Gasteiger partial charge in [0.2, 0.25) is 5.88 Å². The van der Waals surface area contributed by atoms with E-state index in [4.69, 9.17) is 4.74 Å². The van der Waals surface area contributed by atoms with E-state index < -0.39 is 11.7 Å². The van der Waals surface area contributed by atoms with Crippen molar-refractivity contribution in [3.05, 3.63) is 59.0 Å². The molecule has 0 amide bonds. The number of nitrogens with zero attached hydrogens (tertiary/aromatic N) is 1. The molecule has 1 aromatic carbocycles. The van der Waals surface area contributed by atoms with Gasteiger partial charge in [0.1, 0.15) is 11.5 Å². The van der Waals surface area contributed by atoms with E-state index in [0.29, 0.717) is 35.9 Å². The second-order valence-corrected chi connectivity index (χ2v) is 7.49. The van der Waals surface area contributed by atoms with Gasteiger partial charge in [-0.1, -0.05) is 13.0 Å². The van der Waals surface area contributed by atoms with Crippen LogP contribution < -0.4 is 4.74 Å². The Bertz CT molecular complexity index is 980. The second-order valence-electron chi connectivity index (χ2n) is 7.49. The first kappa shape index (κ1) is 19.5. The molecule has 29 heavy (non-hydrogen) atoms. The van der Waals surface area contributed by atoms with Crippen molar-refractivity contribution in [2.45, 2.75) is 38.8 Å². The van der Waals surface area contributed by atoms with Gasteiger partial charge in [-0.05, 0) is 55.0 Å². The number of aliphatic hydroxyl groups is 1. The Labute approximate surface area is 166 Å². The van der Waals surface area contributed by atoms with E-state index >= 15 is 0 Å². The smallest absolute Gasteiger partial charge is 0.417 e. The molecule has 0 spiro atoms. The molecule has 1 fully saturated rings. The summed E-state index contributed by atoms with van der Waals surface area (Å²) in [6.45, 7) is 1.95. The van der Waals surface area contributed by atoms with E-state index in [0.717, 1.165) is 30.5 Å². The highest BCUT2D eigenvalue weighted by molar-refractivity contribution is 6.23. The number of hydrogen-bond donors (Lipinski definition) is 1. The van der Waals surface area contributed by atoms with E-state index in [9.17, 15) is 23.1 Å². The van der Waals surface area contributed by atoms with E-state index in [-0.39, 0.29) is 29.3 Å². The fourth-order valence-electron chi connectivity index (χ4n) is 4.16. The molecule has 152 valence electrons. The van der Waals surface area contributed by atoms with Crippen molar-refractivity contribution in [3.8, 4) is 11.6 Å². The van der Waals surface area contributed by atoms with Crippen molar-refractivity contribution >= 4 is 11.4 Å². The summed E-state index contributed by atoms with van der Waals surface area (Å²) in [6, 6.07) is 7.20. The standard InChI is InChI=1S/C22H20F3NO3/c1-2-12-5-7-16(29-18-8-6-15(11-26-18)22(23,24)25)10-17(12)19-20(27)13-3-4-14(9-13)21(19)28/h5-8,10-11,13-14,27H,2-4,9H2,1H3/t13-,14+/m0/s1. The van der Waals surface area contributed by atoms with Crippen molar-refractivity contribution in [1.82, 2.24) is 4.98 Å². The van der Waals surface area contributed by atoms with Crippen molar-refractivity contribution < 1.29 is 27.8 Å². The lowest BCUT2D eigenvalue weighted by Gasteiger charge is -2.23. The van der Waals surface area contributed by atoms with E-state index in [1.165, 1.54) is 0 Å². The number of benzene rings is 1. The van der Waals surface area contributed by atoms with Crippen molar-refractivity contribution in [2.24, 2.45) is 11.8 Å². The quantitative estimate of drug-likeness (QED) is 0.709. The molecule has 1 N–H and O–H groups in total. The molecule has 7 heteroatoms. The Hall–Kier alpha value is -2.83. The Morgan fingerprint density at radius 2 is 1.93 bits per heavy atom. The van der Waals surface area contributed by atoms with Crippen LogP contribution in [0.5, 0.6) is 11.6 Å². The van der Waals surface area contributed by atoms with Crippen LogP contribution in [0.3, 0.4) is 0 Å². The third-order valence-electron chi connectivity index (χ3n) is 5.71. The lowest BCUT2D eigenvalue weighted by Crippen LogP contribution is -2.21. The monoisotopic (exact) mass is 403 g/mol. The number of pyridine rings is 1. The Kier molecular flexibility index (Phi) is 4.84. The maximum absolute atomic E-state index is 12.9. The maximum atomic E-state index is 12.9. The summed E-state index contributed by atoms with van der Waals surface area (Å²) in [6.07, 6.45) is -0.808. The highest BCUT2D eigenvalue weighted by atomic mass is 19.4. The first-order valence-corrected chi connectivity index (χ1v) is 9.59. The minimum Gasteiger partial charge on any atom is -0.511 e. The predicted octanol–water partition coefficient (Wildman–Crippen LogP) is 5.72. The molecular weight excluding hydrogens is 383 g/mol. The minimum atomic E-state index is -4.47. The maximum Gasteiger partial charge on any atom is 0.417 e. The summed E-state index contributed by atoms with van der Waals surface area (Å²) >= 11 is 0. The molecule has 2 aromatic rings. The van der Waals surface area contributed by atoms with Crippen molar-refractivity contribution in [3.63, 3.8) is 0 Å². The average Bonchev–Trinajstić information content (AvgIpc) is 3.14. The van der Waals surface area contributed by atoms with E-state index in [1.54, 1.807) is 18.2 Å². The fraction of sp³-hybridized carbons (Fsp3) is 0.364. The molecule has 2 bridgehead atoms. The van der Waals surface area contributed by atoms with Gasteiger partial charge in [0.25, 0.3) is 0 Å². The van der Waals surface area contributed by atoms with Gasteiger partial charge in [-0.2, -0.15) is 13.2 Å². The molecule has 2 atom stereocenters. The van der Waals surface area contributed by atoms with Crippen molar-refractivity contribution in [2.75, 3.05) is 0 Å². The molecule has 1 saturated carbocycles. The number of carbonyl (C=O) groups excluding carboxylic acids is 1. The number of allylic oxidation sites excluding steroid dienone is 2. The first-order valence-electron chi connectivity index (χ1n) is 9.59. The lowest BCUT2D eigenvalue weighted by atomic mass is 9.81. The highest BCUT2D eigenvalue weighted by Gasteiger charge is 2.41. The largest absolute Gasteiger partial charge is 0.511 e. The summed E-state index contributed by atoms with van der Waals surface area (Å²) in [5.74, 6) is 0.409. The number of Topliss-reactive ketones (excluding diaryl/α,β-unsaturated/α-hetero) is 1. The molecular formula is C22H20F3NO3. The number of ketones is 1. The van der Waals surface area contributed by atoms with Crippen LogP contribution in [0.15, 0.2) is 42.3 Å². The van der Waals surface area contributed by atoms with Gasteiger partial charge < -0.3 is 9.84 Å². The van der Waals surface area contributed by atoms with Gasteiger partial charge in [0.05, 0.1) is 11.1 Å². The van der Waals surface area contributed by atoms with Gasteiger partial charge in [-0.15, -0.1) is 0 Å². The van der Waals surface area contributed by atoms with Crippen LogP contribution in [0.1, 0.15) is 42.9 Å². The van der Waals surface area contributed by atoms with Gasteiger partial charge >= 0.3 is 6.18 Å². The van der Waals surface area contributed by atoms with Gasteiger partial charge in [0.15, 0.2) is 5.78 Å². The molecule has 0 aliphatic heterocycles. The van der Waals surface area contributed by atoms with Gasteiger partial charge in [-0.25, -0.2) is 4.98 Å². The number of hydrogen-bond acceptors (Lipinski definition) is 4. The normalized spacial score (nSPS) is 21.6. The molecule has 1 aromatic heterocycles. The molecule has 2 aliphatic carbocycles. The summed E-state index contributed by atoms with van der Waals surface area (Å²) in [5.41, 5.74) is 1.02. The minimum absolute atomic E-state index is 0.0126. The summed E-state index contributed by atoms with van der Waals surface area (Å²) in [7, 11) is 0. The summed E-state index contributed by atoms with van der Waals surface area (Å²) in [5, 5.41) is 10.7. The zero-order valence-corrected chi connectivity index (χ0v) is 15.8. The van der Waals surface area contributed by atoms with Gasteiger partial charge in [0, 0.05) is 24.1 Å². The number of ether oxygens (including phenoxy) is 1. The van der Waals surface area contributed by atoms with Crippen LogP contribution >= 0.6 is 0 Å². The predicted molar refractivity (Wildman–Crippen MR) is 101 cm³/mol. The third kappa shape index (κ3) is 3.61. The molecule has 0 radical (unpaired) electrons. The number of fused-ring (bicyclic) bond motifs is 2. The average molecular weight is 403 g/mol. The van der Waals surface area contributed by atoms with Crippen LogP contribution in [0.4, 0.5) is 13.2 Å². The van der Waals surface area contributed by atoms with Crippen LogP contribution in [0.2, 0.25) is 0 Å². The van der Waals surface area contributed by atoms with Gasteiger partial charge in [-0.3, -0.25) is 4.79 Å². The molecule has 4 rings (SSSR count). The fourth-order valence-corrected chi connectivity index (χ4v) is 4.16. The highest BCUT2D eigenvalue weighted by Crippen LogP contribution is 2.46. The number of aryl methyl sites for hydroxylation is 1. The van der Waals surface area contributed by atoms with Crippen LogP contribution in [-0.2, 0) is 17.4 Å². The first-order chi connectivity index (χ1) is 13.8. The molecule has 4 nitrogen and oxygen atoms in total. The van der Waals surface area contributed by atoms with E-state index in [2.05, 4.69) is 4.98 Å². The number of alkyl halides is 3. The zero-order chi connectivity index (χ0) is 20.8. The second kappa shape index (κ2) is 7.21. The number of halogens is 3. The summed E-state index contributed by atoms with van der Waals surface area (Å²) in [4.78, 5) is 16.6. The summed E-state index contributed by atoms with van der Waals surface area (Å²) < 4.78 is 43.7. The number of carbonyl (C=O) groups is 1. The molecule has 2 aliphatic rings.